The van der Waals surface area contributed by atoms with Crippen LogP contribution in [0.2, 0.25) is 5.02 Å². The summed E-state index contributed by atoms with van der Waals surface area (Å²) in [6.45, 7) is 6.11. The normalized spacial score (nSPS) is 23.9. The van der Waals surface area contributed by atoms with Crippen molar-refractivity contribution in [2.24, 2.45) is 0 Å². The Hall–Kier alpha value is -1.79. The molecule has 140 valence electrons. The topological polar surface area (TPSA) is 47.1 Å². The van der Waals surface area contributed by atoms with Gasteiger partial charge in [-0.3, -0.25) is 14.6 Å². The maximum absolute atomic E-state index is 12.3. The van der Waals surface area contributed by atoms with Gasteiger partial charge in [0, 0.05) is 50.0 Å². The van der Waals surface area contributed by atoms with Crippen molar-refractivity contribution in [2.45, 2.75) is 25.3 Å². The molecule has 0 spiro atoms. The van der Waals surface area contributed by atoms with Crippen molar-refractivity contribution >= 4 is 29.2 Å². The Morgan fingerprint density at radius 2 is 1.85 bits per heavy atom. The predicted octanol–water partition coefficient (Wildman–Crippen LogP) is 2.28. The highest BCUT2D eigenvalue weighted by Crippen LogP contribution is 2.27. The maximum atomic E-state index is 12.3. The minimum atomic E-state index is -0.177. The number of urea groups is 1. The predicted molar refractivity (Wildman–Crippen MR) is 102 cm³/mol. The molecular formula is C19H25ClN4O2. The number of fused-ring (bicyclic) bond motifs is 1. The minimum Gasteiger partial charge on any atom is -0.369 e. The Morgan fingerprint density at radius 3 is 2.58 bits per heavy atom. The Bertz CT molecular complexity index is 668. The molecule has 0 aliphatic carbocycles. The third kappa shape index (κ3) is 3.40. The van der Waals surface area contributed by atoms with Gasteiger partial charge in [0.1, 0.15) is 6.04 Å². The molecule has 1 atom stereocenters. The monoisotopic (exact) mass is 376 g/mol. The number of carbonyl (C=O) groups is 2. The van der Waals surface area contributed by atoms with Gasteiger partial charge in [-0.2, -0.15) is 0 Å². The van der Waals surface area contributed by atoms with Gasteiger partial charge in [0.15, 0.2) is 0 Å². The van der Waals surface area contributed by atoms with Crippen LogP contribution in [0.15, 0.2) is 24.3 Å². The molecule has 26 heavy (non-hydrogen) atoms. The lowest BCUT2D eigenvalue weighted by Crippen LogP contribution is -2.47. The number of amides is 3. The molecule has 0 unspecified atom stereocenters. The smallest absolute Gasteiger partial charge is 0.327 e. The van der Waals surface area contributed by atoms with Gasteiger partial charge in [-0.1, -0.05) is 17.7 Å². The Balaban J connectivity index is 1.22. The van der Waals surface area contributed by atoms with E-state index < -0.39 is 0 Å². The highest BCUT2D eigenvalue weighted by molar-refractivity contribution is 6.30. The van der Waals surface area contributed by atoms with Gasteiger partial charge in [-0.05, 0) is 44.0 Å². The first-order valence-electron chi connectivity index (χ1n) is 9.48. The summed E-state index contributed by atoms with van der Waals surface area (Å²) in [7, 11) is 0. The van der Waals surface area contributed by atoms with Crippen molar-refractivity contribution in [3.63, 3.8) is 0 Å². The third-order valence-electron chi connectivity index (χ3n) is 5.68. The van der Waals surface area contributed by atoms with Crippen LogP contribution in [0.3, 0.4) is 0 Å². The van der Waals surface area contributed by atoms with Gasteiger partial charge in [0.2, 0.25) is 0 Å². The summed E-state index contributed by atoms with van der Waals surface area (Å²) in [5, 5.41) is 0.769. The molecule has 3 saturated heterocycles. The molecule has 6 nitrogen and oxygen atoms in total. The lowest BCUT2D eigenvalue weighted by atomic mass is 10.2. The molecule has 3 fully saturated rings. The summed E-state index contributed by atoms with van der Waals surface area (Å²) in [6.07, 6.45) is 2.62. The zero-order valence-corrected chi connectivity index (χ0v) is 15.7. The fourth-order valence-electron chi connectivity index (χ4n) is 4.24. The second-order valence-electron chi connectivity index (χ2n) is 7.29. The molecule has 0 saturated carbocycles. The Labute approximate surface area is 159 Å². The quantitative estimate of drug-likeness (QED) is 0.740. The average Bonchev–Trinajstić information content (AvgIpc) is 3.22. The van der Waals surface area contributed by atoms with Crippen LogP contribution in [0.25, 0.3) is 0 Å². The van der Waals surface area contributed by atoms with Crippen molar-refractivity contribution in [3.8, 4) is 0 Å². The first-order chi connectivity index (χ1) is 12.6. The van der Waals surface area contributed by atoms with Crippen molar-refractivity contribution in [2.75, 3.05) is 50.7 Å². The molecule has 0 radical (unpaired) electrons. The molecule has 0 aromatic heterocycles. The van der Waals surface area contributed by atoms with E-state index in [0.29, 0.717) is 6.54 Å². The van der Waals surface area contributed by atoms with E-state index in [-0.39, 0.29) is 18.0 Å². The number of carbonyl (C=O) groups excluding carboxylic acids is 2. The summed E-state index contributed by atoms with van der Waals surface area (Å²) >= 11 is 6.08. The molecule has 3 heterocycles. The molecule has 0 N–H and O–H groups in total. The molecule has 3 aliphatic rings. The van der Waals surface area contributed by atoms with Crippen LogP contribution >= 0.6 is 11.6 Å². The molecule has 3 aliphatic heterocycles. The van der Waals surface area contributed by atoms with Crippen molar-refractivity contribution in [1.82, 2.24) is 14.7 Å². The number of imide groups is 1. The molecule has 1 aromatic rings. The highest BCUT2D eigenvalue weighted by Gasteiger charge is 2.46. The van der Waals surface area contributed by atoms with E-state index in [2.05, 4.69) is 15.9 Å². The van der Waals surface area contributed by atoms with Crippen LogP contribution in [0.4, 0.5) is 10.5 Å². The summed E-state index contributed by atoms with van der Waals surface area (Å²) < 4.78 is 0. The lowest BCUT2D eigenvalue weighted by molar-refractivity contribution is -0.128. The summed E-state index contributed by atoms with van der Waals surface area (Å²) in [4.78, 5) is 32.6. The van der Waals surface area contributed by atoms with Crippen LogP contribution in [0.1, 0.15) is 19.3 Å². The van der Waals surface area contributed by atoms with Crippen LogP contribution in [-0.2, 0) is 4.79 Å². The van der Waals surface area contributed by atoms with E-state index in [1.807, 2.05) is 18.2 Å². The van der Waals surface area contributed by atoms with Crippen LogP contribution in [-0.4, -0.2) is 78.5 Å². The summed E-state index contributed by atoms with van der Waals surface area (Å²) in [6, 6.07) is 7.73. The third-order valence-corrected chi connectivity index (χ3v) is 5.92. The van der Waals surface area contributed by atoms with Crippen LogP contribution in [0, 0.1) is 0 Å². The minimum absolute atomic E-state index is 0.0123. The molecule has 4 rings (SSSR count). The number of hydrogen-bond acceptors (Lipinski definition) is 4. The van der Waals surface area contributed by atoms with Crippen molar-refractivity contribution < 1.29 is 9.59 Å². The van der Waals surface area contributed by atoms with Gasteiger partial charge < -0.3 is 9.80 Å². The van der Waals surface area contributed by atoms with E-state index in [1.165, 1.54) is 10.6 Å². The molecule has 1 aromatic carbocycles. The molecule has 3 amide bonds. The zero-order valence-electron chi connectivity index (χ0n) is 14.9. The van der Waals surface area contributed by atoms with Crippen LogP contribution < -0.4 is 4.90 Å². The van der Waals surface area contributed by atoms with Gasteiger partial charge in [0.25, 0.3) is 5.91 Å². The van der Waals surface area contributed by atoms with Crippen LogP contribution in [0.5, 0.6) is 0 Å². The Kier molecular flexibility index (Phi) is 5.05. The van der Waals surface area contributed by atoms with E-state index in [4.69, 9.17) is 11.6 Å². The summed E-state index contributed by atoms with van der Waals surface area (Å²) in [5.41, 5.74) is 1.17. The van der Waals surface area contributed by atoms with Crippen molar-refractivity contribution in [3.05, 3.63) is 29.3 Å². The number of piperazine rings is 1. The number of rotatable bonds is 5. The fraction of sp³-hybridized carbons (Fsp3) is 0.579. The Morgan fingerprint density at radius 1 is 1.04 bits per heavy atom. The number of anilines is 1. The van der Waals surface area contributed by atoms with Gasteiger partial charge in [0.05, 0.1) is 0 Å². The van der Waals surface area contributed by atoms with Gasteiger partial charge in [-0.15, -0.1) is 0 Å². The number of benzene rings is 1. The van der Waals surface area contributed by atoms with Gasteiger partial charge >= 0.3 is 6.03 Å². The second-order valence-corrected chi connectivity index (χ2v) is 7.72. The first-order valence-corrected chi connectivity index (χ1v) is 9.86. The molecule has 7 heteroatoms. The van der Waals surface area contributed by atoms with E-state index in [9.17, 15) is 9.59 Å². The first kappa shape index (κ1) is 17.6. The van der Waals surface area contributed by atoms with E-state index in [0.717, 1.165) is 63.6 Å². The molecular weight excluding hydrogens is 352 g/mol. The van der Waals surface area contributed by atoms with E-state index >= 15 is 0 Å². The standard InChI is InChI=1S/C19H25ClN4O2/c20-15-4-1-5-16(14-15)22-12-10-21(11-13-22)7-3-9-24-18(25)17-6-2-8-23(17)19(24)26/h1,4-5,14,17H,2-3,6-13H2/t17-/m1/s1. The SMILES string of the molecule is O=C1[C@H]2CCCN2C(=O)N1CCCN1CCN(c2cccc(Cl)c2)CC1. The van der Waals surface area contributed by atoms with Gasteiger partial charge in [-0.25, -0.2) is 4.79 Å². The fourth-order valence-corrected chi connectivity index (χ4v) is 4.43. The average molecular weight is 377 g/mol. The largest absolute Gasteiger partial charge is 0.369 e. The van der Waals surface area contributed by atoms with Crippen molar-refractivity contribution in [1.29, 1.82) is 0 Å². The number of nitrogens with zero attached hydrogens (tertiary/aromatic N) is 4. The lowest BCUT2D eigenvalue weighted by Gasteiger charge is -2.36. The molecule has 0 bridgehead atoms. The zero-order chi connectivity index (χ0) is 18.1. The maximum Gasteiger partial charge on any atom is 0.327 e. The number of hydrogen-bond donors (Lipinski definition) is 0. The second kappa shape index (κ2) is 7.45. The number of halogens is 1. The van der Waals surface area contributed by atoms with E-state index in [1.54, 1.807) is 4.90 Å². The summed E-state index contributed by atoms with van der Waals surface area (Å²) in [5.74, 6) is 0.0123. The highest BCUT2D eigenvalue weighted by atomic mass is 35.5.